The number of anilines is 3. The van der Waals surface area contributed by atoms with Gasteiger partial charge in [0.1, 0.15) is 11.5 Å². The van der Waals surface area contributed by atoms with Gasteiger partial charge in [-0.15, -0.1) is 0 Å². The maximum absolute atomic E-state index is 12.3. The highest BCUT2D eigenvalue weighted by Gasteiger charge is 2.35. The minimum Gasteiger partial charge on any atom is -0.368 e. The van der Waals surface area contributed by atoms with Crippen molar-refractivity contribution in [3.05, 3.63) is 36.3 Å². The molecule has 0 unspecified atom stereocenters. The maximum atomic E-state index is 12.3. The average Bonchev–Trinajstić information content (AvgIpc) is 3.14. The van der Waals surface area contributed by atoms with Crippen LogP contribution in [0.3, 0.4) is 0 Å². The molecule has 3 aromatic rings. The van der Waals surface area contributed by atoms with Crippen molar-refractivity contribution in [2.45, 2.75) is 19.4 Å². The minimum atomic E-state index is -3.46. The van der Waals surface area contributed by atoms with E-state index in [-0.39, 0.29) is 5.04 Å². The third-order valence-corrected chi connectivity index (χ3v) is 6.84. The first-order chi connectivity index (χ1) is 15.2. The van der Waals surface area contributed by atoms with Gasteiger partial charge >= 0.3 is 0 Å². The van der Waals surface area contributed by atoms with Gasteiger partial charge in [-0.3, -0.25) is 4.99 Å². The van der Waals surface area contributed by atoms with Crippen LogP contribution < -0.4 is 15.5 Å². The molecule has 1 saturated heterocycles. The quantitative estimate of drug-likeness (QED) is 0.612. The molecule has 0 bridgehead atoms. The van der Waals surface area contributed by atoms with Gasteiger partial charge in [0.15, 0.2) is 14.9 Å². The third-order valence-electron chi connectivity index (χ3n) is 5.80. The third kappa shape index (κ3) is 3.71. The molecule has 0 aromatic carbocycles. The number of nitrogens with one attached hydrogen (secondary N) is 2. The van der Waals surface area contributed by atoms with Crippen LogP contribution in [-0.2, 0) is 15.4 Å². The number of fused-ring (bicyclic) bond motifs is 3. The Bertz CT molecular complexity index is 1310. The zero-order valence-electron chi connectivity index (χ0n) is 18.3. The second-order valence-electron chi connectivity index (χ2n) is 8.81. The Labute approximate surface area is 186 Å². The van der Waals surface area contributed by atoms with Crippen molar-refractivity contribution in [2.75, 3.05) is 49.2 Å². The molecule has 5 heterocycles. The molecule has 2 N–H and O–H groups in total. The summed E-state index contributed by atoms with van der Waals surface area (Å²) in [6.07, 6.45) is 4.73. The monoisotopic (exact) mass is 454 g/mol. The zero-order chi connectivity index (χ0) is 22.5. The van der Waals surface area contributed by atoms with Crippen molar-refractivity contribution in [1.29, 1.82) is 0 Å². The highest BCUT2D eigenvalue weighted by molar-refractivity contribution is 8.06. The normalized spacial score (nSPS) is 18.3. The number of rotatable bonds is 3. The lowest BCUT2D eigenvalue weighted by Gasteiger charge is -2.32. The Morgan fingerprint density at radius 1 is 1.12 bits per heavy atom. The van der Waals surface area contributed by atoms with E-state index in [1.54, 1.807) is 12.3 Å². The van der Waals surface area contributed by atoms with Crippen LogP contribution in [0.5, 0.6) is 0 Å². The first-order valence-electron chi connectivity index (χ1n) is 10.5. The van der Waals surface area contributed by atoms with Crippen LogP contribution in [0, 0.1) is 0 Å². The number of aromatic nitrogens is 4. The van der Waals surface area contributed by atoms with E-state index in [4.69, 9.17) is 4.98 Å². The second kappa shape index (κ2) is 7.52. The van der Waals surface area contributed by atoms with E-state index < -0.39 is 15.4 Å². The van der Waals surface area contributed by atoms with Gasteiger partial charge in [-0.05, 0) is 32.0 Å². The van der Waals surface area contributed by atoms with Gasteiger partial charge in [0.05, 0.1) is 29.7 Å². The molecule has 5 rings (SSSR count). The molecule has 2 aliphatic rings. The van der Waals surface area contributed by atoms with Crippen LogP contribution in [0.4, 0.5) is 17.5 Å². The van der Waals surface area contributed by atoms with E-state index in [1.165, 1.54) is 6.26 Å². The molecule has 0 amide bonds. The van der Waals surface area contributed by atoms with Crippen LogP contribution in [0.2, 0.25) is 0 Å². The smallest absolute Gasteiger partial charge is 0.230 e. The molecule has 10 nitrogen and oxygen atoms in total. The number of piperazine rings is 1. The fraction of sp³-hybridized carbons (Fsp3) is 0.429. The van der Waals surface area contributed by atoms with Gasteiger partial charge in [0, 0.05) is 44.0 Å². The van der Waals surface area contributed by atoms with Crippen molar-refractivity contribution < 1.29 is 8.42 Å². The summed E-state index contributed by atoms with van der Waals surface area (Å²) in [7, 11) is -3.46. The van der Waals surface area contributed by atoms with Crippen molar-refractivity contribution in [2.24, 2.45) is 4.99 Å². The molecular weight excluding hydrogens is 428 g/mol. The highest BCUT2D eigenvalue weighted by atomic mass is 32.2. The Morgan fingerprint density at radius 2 is 1.91 bits per heavy atom. The summed E-state index contributed by atoms with van der Waals surface area (Å²) in [5, 5.41) is 7.37. The standard InChI is InChI=1S/C21H26N8O2S/c1-21(2)13-25-19(32(3,30)31)16-10-14-11-24-20(27-18(14)29(16)21)26-17-5-4-15(12-23-17)28-8-6-22-7-9-28/h4-5,10-12,22H,6-9,13H2,1-3H3,(H,23,24,26,27). The van der Waals surface area contributed by atoms with E-state index in [0.717, 1.165) is 37.3 Å². The van der Waals surface area contributed by atoms with Gasteiger partial charge in [-0.1, -0.05) is 0 Å². The summed E-state index contributed by atoms with van der Waals surface area (Å²) in [4.78, 5) is 20.3. The van der Waals surface area contributed by atoms with Crippen LogP contribution in [0.25, 0.3) is 11.0 Å². The van der Waals surface area contributed by atoms with Crippen LogP contribution in [-0.4, -0.2) is 72.0 Å². The van der Waals surface area contributed by atoms with Crippen molar-refractivity contribution in [3.8, 4) is 0 Å². The van der Waals surface area contributed by atoms with Crippen LogP contribution >= 0.6 is 0 Å². The van der Waals surface area contributed by atoms with E-state index >= 15 is 0 Å². The summed E-state index contributed by atoms with van der Waals surface area (Å²) in [6.45, 7) is 8.25. The Kier molecular flexibility index (Phi) is 4.90. The molecule has 3 aromatic heterocycles. The molecular formula is C21H26N8O2S. The zero-order valence-corrected chi connectivity index (χ0v) is 19.1. The van der Waals surface area contributed by atoms with Crippen LogP contribution in [0.15, 0.2) is 35.6 Å². The second-order valence-corrected chi connectivity index (χ2v) is 10.7. The average molecular weight is 455 g/mol. The molecule has 0 atom stereocenters. The van der Waals surface area contributed by atoms with Crippen molar-refractivity contribution in [3.63, 3.8) is 0 Å². The lowest BCUT2D eigenvalue weighted by atomic mass is 10.0. The Hall–Kier alpha value is -3.05. The number of hydrogen-bond donors (Lipinski definition) is 2. The summed E-state index contributed by atoms with van der Waals surface area (Å²) >= 11 is 0. The lowest BCUT2D eigenvalue weighted by molar-refractivity contribution is 0.369. The first kappa shape index (κ1) is 20.8. The number of sulfone groups is 1. The summed E-state index contributed by atoms with van der Waals surface area (Å²) in [6, 6.07) is 5.74. The molecule has 0 radical (unpaired) electrons. The summed E-state index contributed by atoms with van der Waals surface area (Å²) in [5.41, 5.74) is 1.88. The summed E-state index contributed by atoms with van der Waals surface area (Å²) in [5.74, 6) is 1.05. The van der Waals surface area contributed by atoms with Crippen molar-refractivity contribution in [1.82, 2.24) is 24.8 Å². The van der Waals surface area contributed by atoms with Crippen LogP contribution in [0.1, 0.15) is 19.5 Å². The molecule has 0 saturated carbocycles. The van der Waals surface area contributed by atoms with E-state index in [2.05, 4.69) is 30.5 Å². The topological polar surface area (TPSA) is 117 Å². The van der Waals surface area contributed by atoms with E-state index in [1.807, 2.05) is 36.7 Å². The predicted octanol–water partition coefficient (Wildman–Crippen LogP) is 1.52. The largest absolute Gasteiger partial charge is 0.368 e. The van der Waals surface area contributed by atoms with Crippen molar-refractivity contribution >= 4 is 43.4 Å². The Morgan fingerprint density at radius 3 is 2.59 bits per heavy atom. The number of hydrogen-bond acceptors (Lipinski definition) is 9. The molecule has 168 valence electrons. The molecule has 32 heavy (non-hydrogen) atoms. The molecule has 1 fully saturated rings. The minimum absolute atomic E-state index is 0.0921. The fourth-order valence-electron chi connectivity index (χ4n) is 4.23. The first-order valence-corrected chi connectivity index (χ1v) is 12.4. The fourth-order valence-corrected chi connectivity index (χ4v) is 5.06. The molecule has 11 heteroatoms. The van der Waals surface area contributed by atoms with E-state index in [0.29, 0.717) is 29.7 Å². The number of nitrogens with zero attached hydrogens (tertiary/aromatic N) is 6. The lowest BCUT2D eigenvalue weighted by Crippen LogP contribution is -2.43. The highest BCUT2D eigenvalue weighted by Crippen LogP contribution is 2.32. The van der Waals surface area contributed by atoms with Gasteiger partial charge in [-0.2, -0.15) is 4.98 Å². The molecule has 0 aliphatic carbocycles. The maximum Gasteiger partial charge on any atom is 0.230 e. The predicted molar refractivity (Wildman–Crippen MR) is 126 cm³/mol. The SMILES string of the molecule is CC1(C)CN=C(S(C)(=O)=O)c2cc3cnc(Nc4ccc(N5CCNCC5)cn4)nc3n21. The molecule has 2 aliphatic heterocycles. The number of aliphatic imine (C=N–C) groups is 1. The van der Waals surface area contributed by atoms with Gasteiger partial charge in [-0.25, -0.2) is 18.4 Å². The van der Waals surface area contributed by atoms with E-state index in [9.17, 15) is 8.42 Å². The van der Waals surface area contributed by atoms with Gasteiger partial charge < -0.3 is 20.1 Å². The summed E-state index contributed by atoms with van der Waals surface area (Å²) < 4.78 is 26.5. The van der Waals surface area contributed by atoms with Gasteiger partial charge in [0.25, 0.3) is 0 Å². The van der Waals surface area contributed by atoms with Gasteiger partial charge in [0.2, 0.25) is 5.95 Å². The number of pyridine rings is 1. The Balaban J connectivity index is 1.47. The molecule has 0 spiro atoms.